The third-order valence-electron chi connectivity index (χ3n) is 5.21. The van der Waals surface area contributed by atoms with Gasteiger partial charge in [-0.2, -0.15) is 5.10 Å². The number of carbonyl (C=O) groups is 1. The largest absolute Gasteiger partial charge is 0.497 e. The fourth-order valence-corrected chi connectivity index (χ4v) is 4.48. The van der Waals surface area contributed by atoms with Gasteiger partial charge >= 0.3 is 0 Å². The zero-order valence-corrected chi connectivity index (χ0v) is 21.0. The quantitative estimate of drug-likeness (QED) is 0.340. The number of amides is 1. The van der Waals surface area contributed by atoms with E-state index >= 15 is 0 Å². The second-order valence-corrected chi connectivity index (χ2v) is 9.87. The van der Waals surface area contributed by atoms with Gasteiger partial charge in [0.05, 0.1) is 25.3 Å². The number of nitrogens with one attached hydrogen (secondary N) is 1. The van der Waals surface area contributed by atoms with E-state index in [9.17, 15) is 13.2 Å². The number of rotatable bonds is 10. The van der Waals surface area contributed by atoms with Crippen molar-refractivity contribution in [2.75, 3.05) is 17.7 Å². The number of nitrogens with zero attached hydrogens (tertiary/aromatic N) is 2. The molecule has 0 spiro atoms. The predicted octanol–water partition coefficient (Wildman–Crippen LogP) is 3.89. The van der Waals surface area contributed by atoms with E-state index in [0.29, 0.717) is 23.8 Å². The maximum Gasteiger partial charge on any atom is 0.263 e. The van der Waals surface area contributed by atoms with Crippen LogP contribution < -0.4 is 19.2 Å². The van der Waals surface area contributed by atoms with Crippen LogP contribution in [0.15, 0.2) is 77.9 Å². The van der Waals surface area contributed by atoms with Crippen LogP contribution in [0.1, 0.15) is 23.6 Å². The smallest absolute Gasteiger partial charge is 0.263 e. The van der Waals surface area contributed by atoms with Crippen LogP contribution in [0.2, 0.25) is 0 Å². The third kappa shape index (κ3) is 7.31. The Bertz CT molecular complexity index is 1260. The number of benzene rings is 3. The van der Waals surface area contributed by atoms with Crippen LogP contribution in [0.25, 0.3) is 0 Å². The van der Waals surface area contributed by atoms with E-state index < -0.39 is 22.0 Å². The summed E-state index contributed by atoms with van der Waals surface area (Å²) in [6.45, 7) is 4.00. The minimum absolute atomic E-state index is 0.348. The maximum absolute atomic E-state index is 12.6. The first kappa shape index (κ1) is 25.8. The third-order valence-corrected chi connectivity index (χ3v) is 6.45. The fourth-order valence-electron chi connectivity index (χ4n) is 3.30. The monoisotopic (exact) mass is 495 g/mol. The molecule has 0 bridgehead atoms. The molecule has 1 amide bonds. The molecule has 0 aliphatic rings. The second kappa shape index (κ2) is 11.5. The van der Waals surface area contributed by atoms with Crippen molar-refractivity contribution in [2.45, 2.75) is 26.5 Å². The molecule has 0 unspecified atom stereocenters. The van der Waals surface area contributed by atoms with Crippen molar-refractivity contribution in [1.82, 2.24) is 5.43 Å². The second-order valence-electron chi connectivity index (χ2n) is 8.01. The molecule has 35 heavy (non-hydrogen) atoms. The lowest BCUT2D eigenvalue weighted by atomic mass is 10.2. The molecule has 0 saturated heterocycles. The Morgan fingerprint density at radius 2 is 1.60 bits per heavy atom. The van der Waals surface area contributed by atoms with Gasteiger partial charge < -0.3 is 9.47 Å². The van der Waals surface area contributed by atoms with Crippen molar-refractivity contribution >= 4 is 27.8 Å². The first-order valence-corrected chi connectivity index (χ1v) is 12.8. The number of ether oxygens (including phenoxy) is 2. The normalized spacial score (nSPS) is 12.2. The number of methoxy groups -OCH3 is 1. The van der Waals surface area contributed by atoms with Gasteiger partial charge in [0.1, 0.15) is 24.1 Å². The standard InChI is InChI=1S/C26H29N3O5S/c1-19-5-7-22(8-6-19)18-34-25-13-9-21(10-14-25)17-27-28-26(30)20(2)29(35(4,31)32)23-11-15-24(33-3)16-12-23/h5-17,20H,18H2,1-4H3,(H,28,30)/b27-17-/t20-/m1/s1. The van der Waals surface area contributed by atoms with Crippen LogP contribution in [-0.4, -0.2) is 39.9 Å². The summed E-state index contributed by atoms with van der Waals surface area (Å²) >= 11 is 0. The Morgan fingerprint density at radius 3 is 2.17 bits per heavy atom. The van der Waals surface area contributed by atoms with Crippen molar-refractivity contribution in [3.8, 4) is 11.5 Å². The van der Waals surface area contributed by atoms with Crippen molar-refractivity contribution in [1.29, 1.82) is 0 Å². The number of aryl methyl sites for hydroxylation is 1. The summed E-state index contributed by atoms with van der Waals surface area (Å²) in [6.07, 6.45) is 2.53. The molecular formula is C26H29N3O5S. The highest BCUT2D eigenvalue weighted by Crippen LogP contribution is 2.23. The van der Waals surface area contributed by atoms with Gasteiger partial charge in [-0.25, -0.2) is 13.8 Å². The fraction of sp³-hybridized carbons (Fsp3) is 0.231. The molecule has 184 valence electrons. The van der Waals surface area contributed by atoms with Crippen molar-refractivity contribution in [2.24, 2.45) is 5.10 Å². The van der Waals surface area contributed by atoms with E-state index in [2.05, 4.69) is 10.5 Å². The van der Waals surface area contributed by atoms with Gasteiger partial charge in [-0.05, 0) is 73.5 Å². The average molecular weight is 496 g/mol. The Kier molecular flexibility index (Phi) is 8.48. The molecule has 1 atom stereocenters. The molecule has 0 saturated carbocycles. The van der Waals surface area contributed by atoms with Crippen LogP contribution >= 0.6 is 0 Å². The highest BCUT2D eigenvalue weighted by molar-refractivity contribution is 7.92. The van der Waals surface area contributed by atoms with Crippen LogP contribution in [-0.2, 0) is 21.4 Å². The summed E-state index contributed by atoms with van der Waals surface area (Å²) in [5, 5.41) is 3.97. The molecule has 9 heteroatoms. The lowest BCUT2D eigenvalue weighted by Crippen LogP contribution is -2.46. The molecule has 3 rings (SSSR count). The Hall–Kier alpha value is -3.85. The van der Waals surface area contributed by atoms with Gasteiger partial charge in [-0.1, -0.05) is 29.8 Å². The van der Waals surface area contributed by atoms with E-state index in [-0.39, 0.29) is 0 Å². The van der Waals surface area contributed by atoms with Crippen LogP contribution in [0.4, 0.5) is 5.69 Å². The molecule has 3 aromatic carbocycles. The van der Waals surface area contributed by atoms with Gasteiger partial charge in [-0.15, -0.1) is 0 Å². The number of hydrazone groups is 1. The Morgan fingerprint density at radius 1 is 1.00 bits per heavy atom. The van der Waals surface area contributed by atoms with Gasteiger partial charge in [0.2, 0.25) is 10.0 Å². The number of sulfonamides is 1. The topological polar surface area (TPSA) is 97.3 Å². The molecule has 8 nitrogen and oxygen atoms in total. The Labute approximate surface area is 206 Å². The van der Waals surface area contributed by atoms with Gasteiger partial charge in [-0.3, -0.25) is 9.10 Å². The summed E-state index contributed by atoms with van der Waals surface area (Å²) < 4.78 is 36.7. The highest BCUT2D eigenvalue weighted by Gasteiger charge is 2.29. The summed E-state index contributed by atoms with van der Waals surface area (Å²) in [5.41, 5.74) is 5.78. The zero-order chi connectivity index (χ0) is 25.4. The molecule has 0 radical (unpaired) electrons. The molecule has 0 aromatic heterocycles. The number of carbonyl (C=O) groups excluding carboxylic acids is 1. The molecule has 0 aliphatic carbocycles. The summed E-state index contributed by atoms with van der Waals surface area (Å²) in [4.78, 5) is 12.6. The summed E-state index contributed by atoms with van der Waals surface area (Å²) in [7, 11) is -2.21. The minimum atomic E-state index is -3.73. The zero-order valence-electron chi connectivity index (χ0n) is 20.1. The van der Waals surface area contributed by atoms with E-state index in [0.717, 1.165) is 21.7 Å². The number of anilines is 1. The molecule has 3 aromatic rings. The average Bonchev–Trinajstić information content (AvgIpc) is 2.84. The van der Waals surface area contributed by atoms with Gasteiger partial charge in [0.25, 0.3) is 5.91 Å². The molecular weight excluding hydrogens is 466 g/mol. The lowest BCUT2D eigenvalue weighted by Gasteiger charge is -2.27. The number of hydrogen-bond acceptors (Lipinski definition) is 6. The lowest BCUT2D eigenvalue weighted by molar-refractivity contribution is -0.121. The Balaban J connectivity index is 1.59. The van der Waals surface area contributed by atoms with Crippen LogP contribution in [0.5, 0.6) is 11.5 Å². The number of hydrogen-bond donors (Lipinski definition) is 1. The first-order chi connectivity index (χ1) is 16.7. The van der Waals surface area contributed by atoms with Crippen LogP contribution in [0, 0.1) is 6.92 Å². The van der Waals surface area contributed by atoms with E-state index in [4.69, 9.17) is 9.47 Å². The van der Waals surface area contributed by atoms with Gasteiger partial charge in [0.15, 0.2) is 0 Å². The van der Waals surface area contributed by atoms with Crippen molar-refractivity contribution in [3.63, 3.8) is 0 Å². The van der Waals surface area contributed by atoms with Crippen LogP contribution in [0.3, 0.4) is 0 Å². The first-order valence-electron chi connectivity index (χ1n) is 10.9. The van der Waals surface area contributed by atoms with E-state index in [1.54, 1.807) is 24.3 Å². The summed E-state index contributed by atoms with van der Waals surface area (Å²) in [6, 6.07) is 20.8. The van der Waals surface area contributed by atoms with E-state index in [1.165, 1.54) is 25.8 Å². The van der Waals surface area contributed by atoms with Crippen molar-refractivity contribution < 1.29 is 22.7 Å². The molecule has 0 heterocycles. The minimum Gasteiger partial charge on any atom is -0.497 e. The van der Waals surface area contributed by atoms with Gasteiger partial charge in [0, 0.05) is 0 Å². The SMILES string of the molecule is COc1ccc(N([C@H](C)C(=O)N/N=C\c2ccc(OCc3ccc(C)cc3)cc2)S(C)(=O)=O)cc1. The van der Waals surface area contributed by atoms with E-state index in [1.807, 2.05) is 55.5 Å². The van der Waals surface area contributed by atoms with Crippen molar-refractivity contribution in [3.05, 3.63) is 89.5 Å². The maximum atomic E-state index is 12.6. The molecule has 1 N–H and O–H groups in total. The highest BCUT2D eigenvalue weighted by atomic mass is 32.2. The predicted molar refractivity (Wildman–Crippen MR) is 137 cm³/mol. The summed E-state index contributed by atoms with van der Waals surface area (Å²) in [5.74, 6) is 0.722. The molecule has 0 aliphatic heterocycles. The molecule has 0 fully saturated rings.